The average Bonchev–Trinajstić information content (AvgIpc) is 2.88. The van der Waals surface area contributed by atoms with Crippen LogP contribution in [-0.4, -0.2) is 47.7 Å². The van der Waals surface area contributed by atoms with Gasteiger partial charge in [0.15, 0.2) is 0 Å². The third-order valence-corrected chi connectivity index (χ3v) is 6.04. The molecule has 180 valence electrons. The molecule has 1 N–H and O–H groups in total. The van der Waals surface area contributed by atoms with Gasteiger partial charge in [-0.25, -0.2) is 18.8 Å². The number of benzene rings is 3. The maximum atomic E-state index is 13.5. The maximum absolute atomic E-state index is 13.5. The van der Waals surface area contributed by atoms with Crippen LogP contribution in [0.25, 0.3) is 0 Å². The third kappa shape index (κ3) is 5.84. The number of esters is 1. The molecule has 0 bridgehead atoms. The van der Waals surface area contributed by atoms with Crippen LogP contribution in [0, 0.1) is 11.7 Å². The predicted octanol–water partition coefficient (Wildman–Crippen LogP) is 4.99. The first-order valence-electron chi connectivity index (χ1n) is 11.2. The minimum atomic E-state index is -1.23. The van der Waals surface area contributed by atoms with Crippen LogP contribution in [-0.2, 0) is 4.74 Å². The van der Waals surface area contributed by atoms with Crippen molar-refractivity contribution in [2.24, 2.45) is 5.92 Å². The largest absolute Gasteiger partial charge is 0.478 e. The first kappa shape index (κ1) is 23.9. The van der Waals surface area contributed by atoms with Crippen LogP contribution in [0.1, 0.15) is 38.6 Å². The molecule has 3 aromatic rings. The summed E-state index contributed by atoms with van der Waals surface area (Å²) in [6.45, 7) is 0.617. The van der Waals surface area contributed by atoms with E-state index in [1.165, 1.54) is 30.3 Å². The number of carboxylic acids is 1. The van der Waals surface area contributed by atoms with Gasteiger partial charge < -0.3 is 19.5 Å². The lowest BCUT2D eigenvalue weighted by molar-refractivity contribution is 0.0323. The number of aromatic carboxylic acids is 1. The van der Waals surface area contributed by atoms with E-state index in [1.807, 2.05) is 6.07 Å². The van der Waals surface area contributed by atoms with Crippen LogP contribution in [0.15, 0.2) is 78.9 Å². The normalized spacial score (nSPS) is 17.5. The number of nitrogens with zero attached hydrogens (tertiary/aromatic N) is 1. The SMILES string of the molecule is O=C(O)c1ccccc1C(=O)OC[C@H]1CN(C(=O)Oc2ccccc2)CC[C@@H]1c1ccc(F)cc1. The second-order valence-corrected chi connectivity index (χ2v) is 8.28. The fourth-order valence-corrected chi connectivity index (χ4v) is 4.28. The van der Waals surface area contributed by atoms with Crippen LogP contribution in [0.2, 0.25) is 0 Å². The zero-order chi connectivity index (χ0) is 24.8. The highest BCUT2D eigenvalue weighted by atomic mass is 19.1. The summed E-state index contributed by atoms with van der Waals surface area (Å²) in [5, 5.41) is 9.37. The Morgan fingerprint density at radius 1 is 0.914 bits per heavy atom. The van der Waals surface area contributed by atoms with Crippen LogP contribution in [0.5, 0.6) is 5.75 Å². The number of piperidine rings is 1. The number of ether oxygens (including phenoxy) is 2. The van der Waals surface area contributed by atoms with Gasteiger partial charge in [0, 0.05) is 19.0 Å². The van der Waals surface area contributed by atoms with Crippen molar-refractivity contribution in [3.8, 4) is 5.75 Å². The lowest BCUT2D eigenvalue weighted by Gasteiger charge is -2.38. The lowest BCUT2D eigenvalue weighted by atomic mass is 9.81. The summed E-state index contributed by atoms with van der Waals surface area (Å²) in [7, 11) is 0. The fraction of sp³-hybridized carbons (Fsp3) is 0.222. The molecule has 1 fully saturated rings. The van der Waals surface area contributed by atoms with Gasteiger partial charge in [0.1, 0.15) is 11.6 Å². The standard InChI is InChI=1S/C27H24FNO6/c28-20-12-10-18(11-13-20)22-14-15-29(27(33)35-21-6-2-1-3-7-21)16-19(22)17-34-26(32)24-9-5-4-8-23(24)25(30)31/h1-13,19,22H,14-17H2,(H,30,31)/t19-,22-/m1/s1. The first-order valence-corrected chi connectivity index (χ1v) is 11.2. The minimum Gasteiger partial charge on any atom is -0.478 e. The molecule has 35 heavy (non-hydrogen) atoms. The van der Waals surface area contributed by atoms with E-state index in [0.717, 1.165) is 5.56 Å². The quantitative estimate of drug-likeness (QED) is 0.503. The van der Waals surface area contributed by atoms with Crippen LogP contribution >= 0.6 is 0 Å². The van der Waals surface area contributed by atoms with E-state index < -0.39 is 18.0 Å². The molecule has 0 saturated carbocycles. The van der Waals surface area contributed by atoms with Gasteiger partial charge in [-0.05, 0) is 54.3 Å². The van der Waals surface area contributed by atoms with Crippen LogP contribution in [0.4, 0.5) is 9.18 Å². The highest BCUT2D eigenvalue weighted by molar-refractivity contribution is 6.02. The van der Waals surface area contributed by atoms with Gasteiger partial charge in [0.25, 0.3) is 0 Å². The monoisotopic (exact) mass is 477 g/mol. The van der Waals surface area contributed by atoms with E-state index in [-0.39, 0.29) is 41.9 Å². The summed E-state index contributed by atoms with van der Waals surface area (Å²) >= 11 is 0. The molecule has 4 rings (SSSR count). The number of para-hydroxylation sites is 1. The Bertz CT molecular complexity index is 1200. The van der Waals surface area contributed by atoms with E-state index in [2.05, 4.69) is 0 Å². The van der Waals surface area contributed by atoms with Crippen LogP contribution < -0.4 is 4.74 Å². The smallest absolute Gasteiger partial charge is 0.415 e. The number of carbonyl (C=O) groups excluding carboxylic acids is 2. The predicted molar refractivity (Wildman–Crippen MR) is 125 cm³/mol. The maximum Gasteiger partial charge on any atom is 0.415 e. The molecular weight excluding hydrogens is 453 g/mol. The number of halogens is 1. The second-order valence-electron chi connectivity index (χ2n) is 8.28. The van der Waals surface area contributed by atoms with Crippen molar-refractivity contribution in [1.82, 2.24) is 4.90 Å². The van der Waals surface area contributed by atoms with E-state index in [1.54, 1.807) is 47.4 Å². The van der Waals surface area contributed by atoms with Crippen molar-refractivity contribution < 1.29 is 33.4 Å². The molecule has 1 aliphatic rings. The number of carboxylic acid groups (broad SMARTS) is 1. The summed E-state index contributed by atoms with van der Waals surface area (Å²) in [5.41, 5.74) is 0.674. The second kappa shape index (κ2) is 10.8. The summed E-state index contributed by atoms with van der Waals surface area (Å²) < 4.78 is 24.5. The minimum absolute atomic E-state index is 0.0468. The molecule has 0 radical (unpaired) electrons. The summed E-state index contributed by atoms with van der Waals surface area (Å²) in [5.74, 6) is -2.33. The van der Waals surface area contributed by atoms with E-state index >= 15 is 0 Å². The molecule has 0 aromatic heterocycles. The highest BCUT2D eigenvalue weighted by Crippen LogP contribution is 2.34. The molecule has 0 unspecified atom stereocenters. The van der Waals surface area contributed by atoms with E-state index in [0.29, 0.717) is 18.7 Å². The third-order valence-electron chi connectivity index (χ3n) is 6.04. The van der Waals surface area contributed by atoms with E-state index in [4.69, 9.17) is 9.47 Å². The Labute approximate surface area is 201 Å². The number of hydrogen-bond donors (Lipinski definition) is 1. The molecule has 3 aromatic carbocycles. The van der Waals surface area contributed by atoms with Gasteiger partial charge in [0.05, 0.1) is 17.7 Å². The van der Waals surface area contributed by atoms with Crippen molar-refractivity contribution in [2.75, 3.05) is 19.7 Å². The Balaban J connectivity index is 1.50. The van der Waals surface area contributed by atoms with Gasteiger partial charge in [-0.2, -0.15) is 0 Å². The topological polar surface area (TPSA) is 93.1 Å². The van der Waals surface area contributed by atoms with Gasteiger partial charge in [0.2, 0.25) is 0 Å². The van der Waals surface area contributed by atoms with Gasteiger partial charge in [-0.15, -0.1) is 0 Å². The van der Waals surface area contributed by atoms with Gasteiger partial charge in [-0.1, -0.05) is 42.5 Å². The number of amides is 1. The average molecular weight is 477 g/mol. The molecule has 0 aliphatic carbocycles. The van der Waals surface area contributed by atoms with Crippen LogP contribution in [0.3, 0.4) is 0 Å². The molecule has 2 atom stereocenters. The first-order chi connectivity index (χ1) is 16.9. The zero-order valence-electron chi connectivity index (χ0n) is 18.8. The molecule has 1 heterocycles. The molecule has 7 nitrogen and oxygen atoms in total. The van der Waals surface area contributed by atoms with Crippen molar-refractivity contribution in [1.29, 1.82) is 0 Å². The number of rotatable bonds is 6. The fourth-order valence-electron chi connectivity index (χ4n) is 4.28. The summed E-state index contributed by atoms with van der Waals surface area (Å²) in [6.07, 6.45) is 0.0463. The van der Waals surface area contributed by atoms with Crippen molar-refractivity contribution in [3.05, 3.63) is 101 Å². The zero-order valence-corrected chi connectivity index (χ0v) is 18.8. The molecule has 1 amide bonds. The molecular formula is C27H24FNO6. The molecule has 8 heteroatoms. The Morgan fingerprint density at radius 3 is 2.26 bits per heavy atom. The van der Waals surface area contributed by atoms with Crippen molar-refractivity contribution >= 4 is 18.0 Å². The number of likely N-dealkylation sites (tertiary alicyclic amines) is 1. The number of hydrogen-bond acceptors (Lipinski definition) is 5. The Hall–Kier alpha value is -4.20. The van der Waals surface area contributed by atoms with Gasteiger partial charge >= 0.3 is 18.0 Å². The number of carbonyl (C=O) groups is 3. The summed E-state index contributed by atoms with van der Waals surface area (Å²) in [6, 6.07) is 20.7. The lowest BCUT2D eigenvalue weighted by Crippen LogP contribution is -2.45. The van der Waals surface area contributed by atoms with Crippen molar-refractivity contribution in [3.63, 3.8) is 0 Å². The Morgan fingerprint density at radius 2 is 1.57 bits per heavy atom. The molecule has 1 aliphatic heterocycles. The van der Waals surface area contributed by atoms with Gasteiger partial charge in [-0.3, -0.25) is 0 Å². The molecule has 0 spiro atoms. The molecule has 1 saturated heterocycles. The Kier molecular flexibility index (Phi) is 7.40. The van der Waals surface area contributed by atoms with E-state index in [9.17, 15) is 23.9 Å². The highest BCUT2D eigenvalue weighted by Gasteiger charge is 2.34. The van der Waals surface area contributed by atoms with Crippen molar-refractivity contribution in [2.45, 2.75) is 12.3 Å². The summed E-state index contributed by atoms with van der Waals surface area (Å²) in [4.78, 5) is 38.5.